The quantitative estimate of drug-likeness (QED) is 0.690. The van der Waals surface area contributed by atoms with Gasteiger partial charge in [-0.05, 0) is 48.9 Å². The molecule has 0 spiro atoms. The summed E-state index contributed by atoms with van der Waals surface area (Å²) in [4.78, 5) is 4.31. The zero-order chi connectivity index (χ0) is 14.1. The number of nitrogens with zero attached hydrogens (tertiary/aromatic N) is 1. The van der Waals surface area contributed by atoms with Gasteiger partial charge in [-0.3, -0.25) is 4.98 Å². The normalized spacial score (nSPS) is 10.7. The first kappa shape index (κ1) is 12.4. The molecule has 4 heteroatoms. The average molecular weight is 267 g/mol. The van der Waals surface area contributed by atoms with E-state index in [1.54, 1.807) is 19.2 Å². The summed E-state index contributed by atoms with van der Waals surface area (Å²) in [6.45, 7) is 1.71. The van der Waals surface area contributed by atoms with Crippen molar-refractivity contribution < 1.29 is 4.39 Å². The highest BCUT2D eigenvalue weighted by Gasteiger charge is 2.07. The van der Waals surface area contributed by atoms with E-state index >= 15 is 0 Å². The minimum absolute atomic E-state index is 0.298. The summed E-state index contributed by atoms with van der Waals surface area (Å²) in [5.41, 5.74) is 9.29. The van der Waals surface area contributed by atoms with Crippen molar-refractivity contribution in [1.82, 2.24) is 4.98 Å². The van der Waals surface area contributed by atoms with Crippen LogP contribution < -0.4 is 11.1 Å². The van der Waals surface area contributed by atoms with Gasteiger partial charge in [0.05, 0.1) is 16.9 Å². The molecular weight excluding hydrogens is 253 g/mol. The molecule has 100 valence electrons. The van der Waals surface area contributed by atoms with Crippen LogP contribution in [0, 0.1) is 12.7 Å². The molecule has 3 aromatic rings. The largest absolute Gasteiger partial charge is 0.397 e. The lowest BCUT2D eigenvalue weighted by Gasteiger charge is -2.12. The number of nitrogen functional groups attached to an aromatic ring is 1. The number of aryl methyl sites for hydroxylation is 1. The minimum atomic E-state index is -0.298. The van der Waals surface area contributed by atoms with Gasteiger partial charge in [0.2, 0.25) is 0 Å². The summed E-state index contributed by atoms with van der Waals surface area (Å²) in [5.74, 6) is -0.298. The van der Waals surface area contributed by atoms with E-state index in [2.05, 4.69) is 10.3 Å². The molecule has 20 heavy (non-hydrogen) atoms. The Bertz CT molecular complexity index is 779. The Hall–Kier alpha value is -2.62. The van der Waals surface area contributed by atoms with Crippen molar-refractivity contribution >= 4 is 28.0 Å². The molecule has 0 aliphatic carbocycles. The molecule has 0 bridgehead atoms. The van der Waals surface area contributed by atoms with Crippen LogP contribution in [0.4, 0.5) is 21.5 Å². The van der Waals surface area contributed by atoms with E-state index in [4.69, 9.17) is 5.73 Å². The zero-order valence-corrected chi connectivity index (χ0v) is 11.0. The smallest absolute Gasteiger partial charge is 0.128 e. The number of anilines is 3. The van der Waals surface area contributed by atoms with Gasteiger partial charge in [-0.15, -0.1) is 0 Å². The molecule has 0 saturated heterocycles. The van der Waals surface area contributed by atoms with Gasteiger partial charge in [-0.1, -0.05) is 6.07 Å². The highest BCUT2D eigenvalue weighted by molar-refractivity contribution is 5.94. The molecule has 0 unspecified atom stereocenters. The van der Waals surface area contributed by atoms with Gasteiger partial charge in [0.25, 0.3) is 0 Å². The summed E-state index contributed by atoms with van der Waals surface area (Å²) in [6.07, 6.45) is 1.75. The molecule has 0 saturated carbocycles. The van der Waals surface area contributed by atoms with E-state index in [-0.39, 0.29) is 5.82 Å². The van der Waals surface area contributed by atoms with Crippen molar-refractivity contribution in [3.63, 3.8) is 0 Å². The average Bonchev–Trinajstić information content (AvgIpc) is 2.45. The highest BCUT2D eigenvalue weighted by atomic mass is 19.1. The van der Waals surface area contributed by atoms with Gasteiger partial charge >= 0.3 is 0 Å². The third-order valence-electron chi connectivity index (χ3n) is 3.25. The molecule has 0 fully saturated rings. The van der Waals surface area contributed by atoms with Crippen LogP contribution in [0.5, 0.6) is 0 Å². The van der Waals surface area contributed by atoms with Crippen LogP contribution in [0.1, 0.15) is 5.56 Å². The lowest BCUT2D eigenvalue weighted by molar-refractivity contribution is 0.619. The topological polar surface area (TPSA) is 50.9 Å². The number of nitrogens with two attached hydrogens (primary N) is 1. The maximum absolute atomic E-state index is 13.4. The predicted molar refractivity (Wildman–Crippen MR) is 80.6 cm³/mol. The van der Waals surface area contributed by atoms with Crippen LogP contribution >= 0.6 is 0 Å². The van der Waals surface area contributed by atoms with Crippen molar-refractivity contribution in [1.29, 1.82) is 0 Å². The summed E-state index contributed by atoms with van der Waals surface area (Å²) in [6, 6.07) is 12.7. The van der Waals surface area contributed by atoms with Crippen LogP contribution in [-0.2, 0) is 0 Å². The number of rotatable bonds is 2. The Morgan fingerprint density at radius 3 is 2.80 bits per heavy atom. The van der Waals surface area contributed by atoms with E-state index in [1.165, 1.54) is 6.07 Å². The van der Waals surface area contributed by atoms with Gasteiger partial charge in [0, 0.05) is 17.3 Å². The molecular formula is C16H14FN3. The van der Waals surface area contributed by atoms with E-state index in [9.17, 15) is 4.39 Å². The maximum Gasteiger partial charge on any atom is 0.128 e. The predicted octanol–water partition coefficient (Wildman–Crippen LogP) is 4.01. The summed E-state index contributed by atoms with van der Waals surface area (Å²) in [5, 5.41) is 4.25. The number of halogens is 1. The van der Waals surface area contributed by atoms with Crippen molar-refractivity contribution in [3.05, 3.63) is 60.0 Å². The van der Waals surface area contributed by atoms with Crippen molar-refractivity contribution in [2.45, 2.75) is 6.92 Å². The third-order valence-corrected chi connectivity index (χ3v) is 3.25. The van der Waals surface area contributed by atoms with Gasteiger partial charge < -0.3 is 11.1 Å². The van der Waals surface area contributed by atoms with Crippen LogP contribution in [0.25, 0.3) is 10.9 Å². The fourth-order valence-corrected chi connectivity index (χ4v) is 2.16. The Labute approximate surface area is 116 Å². The Balaban J connectivity index is 2.08. The van der Waals surface area contributed by atoms with Gasteiger partial charge in [-0.2, -0.15) is 0 Å². The Morgan fingerprint density at radius 1 is 1.10 bits per heavy atom. The van der Waals surface area contributed by atoms with Crippen molar-refractivity contribution in [2.24, 2.45) is 0 Å². The Kier molecular flexibility index (Phi) is 2.99. The molecule has 0 amide bonds. The highest BCUT2D eigenvalue weighted by Crippen LogP contribution is 2.29. The number of hydrogen-bond acceptors (Lipinski definition) is 3. The summed E-state index contributed by atoms with van der Waals surface area (Å²) in [7, 11) is 0. The number of hydrogen-bond donors (Lipinski definition) is 2. The molecule has 0 aliphatic rings. The lowest BCUT2D eigenvalue weighted by Crippen LogP contribution is -1.99. The second kappa shape index (κ2) is 4.81. The van der Waals surface area contributed by atoms with Crippen molar-refractivity contribution in [2.75, 3.05) is 11.1 Å². The number of pyridine rings is 1. The number of benzene rings is 2. The molecule has 1 heterocycles. The summed E-state index contributed by atoms with van der Waals surface area (Å²) >= 11 is 0. The van der Waals surface area contributed by atoms with Crippen LogP contribution in [-0.4, -0.2) is 4.98 Å². The van der Waals surface area contributed by atoms with Gasteiger partial charge in [-0.25, -0.2) is 4.39 Å². The zero-order valence-electron chi connectivity index (χ0n) is 11.0. The fraction of sp³-hybridized carbons (Fsp3) is 0.0625. The SMILES string of the molecule is Cc1cc(Nc2cccc3ncccc23)c(N)cc1F. The standard InChI is InChI=1S/C16H14FN3/c1-10-8-16(13(18)9-12(10)17)20-15-6-2-5-14-11(15)4-3-7-19-14/h2-9,20H,18H2,1H3. The van der Waals surface area contributed by atoms with Crippen LogP contribution in [0.2, 0.25) is 0 Å². The molecule has 3 rings (SSSR count). The number of fused-ring (bicyclic) bond motifs is 1. The van der Waals surface area contributed by atoms with E-state index < -0.39 is 0 Å². The number of aromatic nitrogens is 1. The van der Waals surface area contributed by atoms with Gasteiger partial charge in [0.1, 0.15) is 5.82 Å². The summed E-state index contributed by atoms with van der Waals surface area (Å²) < 4.78 is 13.4. The monoisotopic (exact) mass is 267 g/mol. The van der Waals surface area contributed by atoms with E-state index in [1.807, 2.05) is 30.3 Å². The molecule has 1 aromatic heterocycles. The first-order valence-electron chi connectivity index (χ1n) is 6.31. The first-order chi connectivity index (χ1) is 9.65. The van der Waals surface area contributed by atoms with Gasteiger partial charge in [0.15, 0.2) is 0 Å². The lowest BCUT2D eigenvalue weighted by atomic mass is 10.1. The fourth-order valence-electron chi connectivity index (χ4n) is 2.16. The van der Waals surface area contributed by atoms with E-state index in [0.29, 0.717) is 16.9 Å². The van der Waals surface area contributed by atoms with Crippen molar-refractivity contribution in [3.8, 4) is 0 Å². The first-order valence-corrected chi connectivity index (χ1v) is 6.31. The van der Waals surface area contributed by atoms with E-state index in [0.717, 1.165) is 16.6 Å². The molecule has 0 aliphatic heterocycles. The third kappa shape index (κ3) is 2.16. The minimum Gasteiger partial charge on any atom is -0.397 e. The molecule has 0 radical (unpaired) electrons. The molecule has 3 N–H and O–H groups in total. The van der Waals surface area contributed by atoms with Crippen LogP contribution in [0.15, 0.2) is 48.7 Å². The van der Waals surface area contributed by atoms with Crippen LogP contribution in [0.3, 0.4) is 0 Å². The number of nitrogens with one attached hydrogen (secondary N) is 1. The Morgan fingerprint density at radius 2 is 1.95 bits per heavy atom. The second-order valence-corrected chi connectivity index (χ2v) is 4.69. The molecule has 0 atom stereocenters. The second-order valence-electron chi connectivity index (χ2n) is 4.69. The molecule has 2 aromatic carbocycles. The maximum atomic E-state index is 13.4. The molecule has 3 nitrogen and oxygen atoms in total.